The molecule has 3 aromatic carbocycles. The van der Waals surface area contributed by atoms with Crippen LogP contribution in [0.25, 0.3) is 11.0 Å². The lowest BCUT2D eigenvalue weighted by Crippen LogP contribution is -2.29. The number of hydrogen-bond acceptors (Lipinski definition) is 4. The summed E-state index contributed by atoms with van der Waals surface area (Å²) in [4.78, 5) is 28.5. The number of benzene rings is 3. The Balaban J connectivity index is 1.74. The molecule has 31 heavy (non-hydrogen) atoms. The Kier molecular flexibility index (Phi) is 4.56. The number of halogens is 1. The van der Waals surface area contributed by atoms with Crippen molar-refractivity contribution in [2.45, 2.75) is 19.5 Å². The van der Waals surface area contributed by atoms with E-state index in [0.29, 0.717) is 27.1 Å². The first-order valence-electron chi connectivity index (χ1n) is 9.84. The Labute approximate surface area is 183 Å². The van der Waals surface area contributed by atoms with E-state index in [1.807, 2.05) is 31.2 Å². The van der Waals surface area contributed by atoms with Gasteiger partial charge in [0.15, 0.2) is 5.43 Å². The summed E-state index contributed by atoms with van der Waals surface area (Å²) in [6.45, 7) is 2.11. The molecule has 0 bridgehead atoms. The fourth-order valence-electron chi connectivity index (χ4n) is 4.11. The first kappa shape index (κ1) is 19.4. The highest BCUT2D eigenvalue weighted by molar-refractivity contribution is 6.31. The highest BCUT2D eigenvalue weighted by Crippen LogP contribution is 2.40. The molecule has 0 saturated heterocycles. The van der Waals surface area contributed by atoms with Gasteiger partial charge in [0.1, 0.15) is 11.3 Å². The molecule has 5 rings (SSSR count). The van der Waals surface area contributed by atoms with Crippen LogP contribution < -0.4 is 5.43 Å². The standard InChI is InChI=1S/C25H18ClNO4/c1-14-6-11-20-18(12-14)23(29)21-22(15-7-9-17(28)10-8-15)27(25(30)24(21)31-20)13-16-4-2-3-5-19(16)26/h2-12,22,28H,13H2,1H3. The van der Waals surface area contributed by atoms with Crippen molar-refractivity contribution < 1.29 is 14.3 Å². The molecule has 6 heteroatoms. The summed E-state index contributed by atoms with van der Waals surface area (Å²) in [6, 6.07) is 18.5. The summed E-state index contributed by atoms with van der Waals surface area (Å²) in [5, 5.41) is 10.7. The van der Waals surface area contributed by atoms with Gasteiger partial charge < -0.3 is 14.4 Å². The Morgan fingerprint density at radius 1 is 1.03 bits per heavy atom. The van der Waals surface area contributed by atoms with E-state index in [-0.39, 0.29) is 29.4 Å². The first-order chi connectivity index (χ1) is 14.9. The van der Waals surface area contributed by atoms with Gasteiger partial charge in [-0.2, -0.15) is 0 Å². The van der Waals surface area contributed by atoms with Crippen molar-refractivity contribution in [3.05, 3.63) is 110 Å². The fourth-order valence-corrected chi connectivity index (χ4v) is 4.31. The number of amides is 1. The highest BCUT2D eigenvalue weighted by Gasteiger charge is 2.42. The summed E-state index contributed by atoms with van der Waals surface area (Å²) < 4.78 is 5.95. The number of hydrogen-bond donors (Lipinski definition) is 1. The van der Waals surface area contributed by atoms with E-state index in [1.54, 1.807) is 35.2 Å². The SMILES string of the molecule is Cc1ccc2oc3c(c(=O)c2c1)C(c1ccc(O)cc1)N(Cc1ccccc1Cl)C3=O. The highest BCUT2D eigenvalue weighted by atomic mass is 35.5. The Hall–Kier alpha value is -3.57. The number of aryl methyl sites for hydroxylation is 1. The molecule has 2 heterocycles. The average Bonchev–Trinajstić information content (AvgIpc) is 3.03. The van der Waals surface area contributed by atoms with Gasteiger partial charge in [-0.15, -0.1) is 0 Å². The van der Waals surface area contributed by atoms with Crippen molar-refractivity contribution in [2.24, 2.45) is 0 Å². The third-order valence-electron chi connectivity index (χ3n) is 5.63. The van der Waals surface area contributed by atoms with Crippen molar-refractivity contribution in [1.82, 2.24) is 4.90 Å². The van der Waals surface area contributed by atoms with Gasteiger partial charge >= 0.3 is 0 Å². The minimum atomic E-state index is -0.652. The van der Waals surface area contributed by atoms with Gasteiger partial charge in [-0.1, -0.05) is 53.6 Å². The molecule has 1 amide bonds. The summed E-state index contributed by atoms with van der Waals surface area (Å²) in [5.41, 5.74) is 2.86. The van der Waals surface area contributed by atoms with Gasteiger partial charge in [-0.05, 0) is 48.4 Å². The average molecular weight is 432 g/mol. The quantitative estimate of drug-likeness (QED) is 0.483. The monoisotopic (exact) mass is 431 g/mol. The lowest BCUT2D eigenvalue weighted by Gasteiger charge is -2.25. The number of aromatic hydroxyl groups is 1. The molecule has 5 nitrogen and oxygen atoms in total. The third kappa shape index (κ3) is 3.18. The van der Waals surface area contributed by atoms with Crippen LogP contribution in [0.2, 0.25) is 5.02 Å². The van der Waals surface area contributed by atoms with Crippen LogP contribution in [0.4, 0.5) is 0 Å². The maximum absolute atomic E-state index is 13.5. The maximum Gasteiger partial charge on any atom is 0.291 e. The topological polar surface area (TPSA) is 70.8 Å². The number of carbonyl (C=O) groups is 1. The van der Waals surface area contributed by atoms with Crippen molar-refractivity contribution >= 4 is 28.5 Å². The van der Waals surface area contributed by atoms with Crippen molar-refractivity contribution in [1.29, 1.82) is 0 Å². The van der Waals surface area contributed by atoms with Crippen LogP contribution in [0.1, 0.15) is 38.9 Å². The molecular formula is C25H18ClNO4. The molecule has 1 unspecified atom stereocenters. The fraction of sp³-hybridized carbons (Fsp3) is 0.120. The second kappa shape index (κ2) is 7.29. The number of fused-ring (bicyclic) bond motifs is 2. The largest absolute Gasteiger partial charge is 0.508 e. The van der Waals surface area contributed by atoms with Crippen LogP contribution in [0, 0.1) is 6.92 Å². The minimum Gasteiger partial charge on any atom is -0.508 e. The zero-order valence-corrected chi connectivity index (χ0v) is 17.4. The smallest absolute Gasteiger partial charge is 0.291 e. The zero-order chi connectivity index (χ0) is 21.7. The minimum absolute atomic E-state index is 0.0477. The molecule has 1 aliphatic heterocycles. The van der Waals surface area contributed by atoms with Crippen molar-refractivity contribution in [3.8, 4) is 5.75 Å². The summed E-state index contributed by atoms with van der Waals surface area (Å²) >= 11 is 6.35. The van der Waals surface area contributed by atoms with E-state index >= 15 is 0 Å². The van der Waals surface area contributed by atoms with E-state index < -0.39 is 6.04 Å². The first-order valence-corrected chi connectivity index (χ1v) is 10.2. The predicted molar refractivity (Wildman–Crippen MR) is 118 cm³/mol. The number of rotatable bonds is 3. The van der Waals surface area contributed by atoms with Crippen LogP contribution in [-0.2, 0) is 6.54 Å². The molecule has 154 valence electrons. The molecule has 1 N–H and O–H groups in total. The van der Waals surface area contributed by atoms with E-state index in [9.17, 15) is 14.7 Å². The van der Waals surface area contributed by atoms with Crippen molar-refractivity contribution in [2.75, 3.05) is 0 Å². The number of phenolic OH excluding ortho intramolecular Hbond substituents is 1. The molecule has 0 aliphatic carbocycles. The lowest BCUT2D eigenvalue weighted by atomic mass is 9.98. The van der Waals surface area contributed by atoms with Gasteiger partial charge in [0.25, 0.3) is 5.91 Å². The third-order valence-corrected chi connectivity index (χ3v) is 6.00. The van der Waals surface area contributed by atoms with Crippen LogP contribution in [0.15, 0.2) is 75.9 Å². The van der Waals surface area contributed by atoms with Crippen molar-refractivity contribution in [3.63, 3.8) is 0 Å². The summed E-state index contributed by atoms with van der Waals surface area (Å²) in [5.74, 6) is -0.217. The molecule has 1 aromatic heterocycles. The molecule has 0 saturated carbocycles. The summed E-state index contributed by atoms with van der Waals surface area (Å²) in [6.07, 6.45) is 0. The van der Waals surface area contributed by atoms with Gasteiger partial charge in [-0.25, -0.2) is 0 Å². The van der Waals surface area contributed by atoms with Crippen LogP contribution in [-0.4, -0.2) is 15.9 Å². The van der Waals surface area contributed by atoms with Gasteiger partial charge in [0, 0.05) is 11.6 Å². The predicted octanol–water partition coefficient (Wildman–Crippen LogP) is 5.21. The summed E-state index contributed by atoms with van der Waals surface area (Å²) in [7, 11) is 0. The Bertz CT molecular complexity index is 1390. The molecule has 4 aromatic rings. The molecule has 1 atom stereocenters. The molecule has 0 fully saturated rings. The van der Waals surface area contributed by atoms with E-state index in [1.165, 1.54) is 12.1 Å². The Morgan fingerprint density at radius 2 is 1.77 bits per heavy atom. The number of phenols is 1. The van der Waals surface area contributed by atoms with E-state index in [2.05, 4.69) is 0 Å². The van der Waals surface area contributed by atoms with Crippen LogP contribution in [0.5, 0.6) is 5.75 Å². The second-order valence-corrected chi connectivity index (χ2v) is 8.10. The molecular weight excluding hydrogens is 414 g/mol. The molecule has 1 aliphatic rings. The van der Waals surface area contributed by atoms with Crippen LogP contribution in [0.3, 0.4) is 0 Å². The van der Waals surface area contributed by atoms with Gasteiger partial charge in [0.05, 0.1) is 17.0 Å². The number of nitrogens with zero attached hydrogens (tertiary/aromatic N) is 1. The zero-order valence-electron chi connectivity index (χ0n) is 16.6. The Morgan fingerprint density at radius 3 is 2.52 bits per heavy atom. The van der Waals surface area contributed by atoms with Gasteiger partial charge in [-0.3, -0.25) is 9.59 Å². The van der Waals surface area contributed by atoms with E-state index in [4.69, 9.17) is 16.0 Å². The lowest BCUT2D eigenvalue weighted by molar-refractivity contribution is 0.0714. The molecule has 0 spiro atoms. The maximum atomic E-state index is 13.5. The molecule has 0 radical (unpaired) electrons. The second-order valence-electron chi connectivity index (χ2n) is 7.69. The normalized spacial score (nSPS) is 15.5. The van der Waals surface area contributed by atoms with Gasteiger partial charge in [0.2, 0.25) is 5.76 Å². The van der Waals surface area contributed by atoms with Crippen LogP contribution >= 0.6 is 11.6 Å². The van der Waals surface area contributed by atoms with E-state index in [0.717, 1.165) is 11.1 Å². The number of carbonyl (C=O) groups excluding carboxylic acids is 1.